The topological polar surface area (TPSA) is 99.3 Å². The number of nitrogens with one attached hydrogen (secondary N) is 2. The van der Waals surface area contributed by atoms with Crippen molar-refractivity contribution in [2.75, 3.05) is 7.05 Å². The van der Waals surface area contributed by atoms with E-state index >= 15 is 0 Å². The summed E-state index contributed by atoms with van der Waals surface area (Å²) < 4.78 is 0. The lowest BCUT2D eigenvalue weighted by atomic mass is 10.2. The molecule has 80 valence electrons. The first-order valence-corrected chi connectivity index (χ1v) is 4.23. The van der Waals surface area contributed by atoms with Gasteiger partial charge in [-0.25, -0.2) is 0 Å². The van der Waals surface area contributed by atoms with Gasteiger partial charge in [0.15, 0.2) is 10.9 Å². The molecule has 0 aromatic carbocycles. The van der Waals surface area contributed by atoms with Crippen molar-refractivity contribution in [1.82, 2.24) is 10.3 Å². The van der Waals surface area contributed by atoms with E-state index in [9.17, 15) is 14.4 Å². The molecule has 1 aromatic heterocycles. The van der Waals surface area contributed by atoms with Crippen molar-refractivity contribution < 1.29 is 14.7 Å². The zero-order valence-corrected chi connectivity index (χ0v) is 8.38. The van der Waals surface area contributed by atoms with Crippen LogP contribution in [0.2, 0.25) is 5.15 Å². The van der Waals surface area contributed by atoms with Crippen molar-refractivity contribution in [1.29, 1.82) is 0 Å². The van der Waals surface area contributed by atoms with Crippen molar-refractivity contribution in [2.45, 2.75) is 0 Å². The Morgan fingerprint density at radius 2 is 2.13 bits per heavy atom. The van der Waals surface area contributed by atoms with E-state index in [1.165, 1.54) is 7.05 Å². The highest BCUT2D eigenvalue weighted by atomic mass is 35.5. The fourth-order valence-corrected chi connectivity index (χ4v) is 1.07. The second-order valence-electron chi connectivity index (χ2n) is 2.62. The first kappa shape index (κ1) is 11.3. The number of halogens is 1. The predicted octanol–water partition coefficient (Wildman–Crippen LogP) is -0.337. The average Bonchev–Trinajstić information content (AvgIpc) is 2.23. The highest BCUT2D eigenvalue weighted by molar-refractivity contribution is 6.42. The van der Waals surface area contributed by atoms with Gasteiger partial charge in [0.2, 0.25) is 5.43 Å². The van der Waals surface area contributed by atoms with Crippen LogP contribution < -0.4 is 10.7 Å². The molecule has 0 saturated carbocycles. The van der Waals surface area contributed by atoms with Crippen LogP contribution in [-0.4, -0.2) is 28.8 Å². The first-order chi connectivity index (χ1) is 6.97. The van der Waals surface area contributed by atoms with Gasteiger partial charge in [0, 0.05) is 13.1 Å². The van der Waals surface area contributed by atoms with E-state index in [-0.39, 0.29) is 10.8 Å². The van der Waals surface area contributed by atoms with Gasteiger partial charge in [-0.15, -0.1) is 0 Å². The highest BCUT2D eigenvalue weighted by Gasteiger charge is 2.17. The van der Waals surface area contributed by atoms with Crippen LogP contribution in [0.4, 0.5) is 0 Å². The standard InChI is InChI=1S/C8H7ClN2O4/c1-10-8(15)5(13)3-2-4(12)6(14)7(9)11-3/h2,14H,1H3,(H,10,15)(H,11,12). The summed E-state index contributed by atoms with van der Waals surface area (Å²) in [5, 5.41) is 10.7. The minimum absolute atomic E-state index is 0.276. The molecule has 3 N–H and O–H groups in total. The van der Waals surface area contributed by atoms with E-state index < -0.39 is 22.9 Å². The summed E-state index contributed by atoms with van der Waals surface area (Å²) >= 11 is 5.42. The molecular formula is C8H7ClN2O4. The lowest BCUT2D eigenvalue weighted by molar-refractivity contribution is -0.116. The van der Waals surface area contributed by atoms with Gasteiger partial charge in [0.25, 0.3) is 11.7 Å². The second-order valence-corrected chi connectivity index (χ2v) is 3.00. The van der Waals surface area contributed by atoms with Crippen LogP contribution >= 0.6 is 11.6 Å². The van der Waals surface area contributed by atoms with E-state index in [2.05, 4.69) is 10.3 Å². The maximum Gasteiger partial charge on any atom is 0.293 e. The molecule has 7 heteroatoms. The van der Waals surface area contributed by atoms with Gasteiger partial charge in [0.1, 0.15) is 0 Å². The maximum atomic E-state index is 11.3. The molecule has 6 nitrogen and oxygen atoms in total. The Kier molecular flexibility index (Phi) is 3.11. The SMILES string of the molecule is CNC(=O)C(=O)c1cc(=O)c(O)c(Cl)[nH]1. The molecule has 0 radical (unpaired) electrons. The van der Waals surface area contributed by atoms with Crippen LogP contribution in [0.3, 0.4) is 0 Å². The number of H-pyrrole nitrogens is 1. The van der Waals surface area contributed by atoms with E-state index in [1.54, 1.807) is 0 Å². The molecule has 0 spiro atoms. The maximum absolute atomic E-state index is 11.3. The number of hydrogen-bond donors (Lipinski definition) is 3. The minimum atomic E-state index is -0.934. The third kappa shape index (κ3) is 2.16. The number of ketones is 1. The number of Topliss-reactive ketones (excluding diaryl/α,β-unsaturated/α-hetero) is 1. The fourth-order valence-electron chi connectivity index (χ4n) is 0.879. The molecule has 15 heavy (non-hydrogen) atoms. The van der Waals surface area contributed by atoms with E-state index in [1.807, 2.05) is 0 Å². The number of hydrogen-bond acceptors (Lipinski definition) is 4. The van der Waals surface area contributed by atoms with E-state index in [4.69, 9.17) is 16.7 Å². The minimum Gasteiger partial charge on any atom is -0.502 e. The van der Waals surface area contributed by atoms with E-state index in [0.717, 1.165) is 6.07 Å². The molecule has 1 amide bonds. The summed E-state index contributed by atoms with van der Waals surface area (Å²) in [7, 11) is 1.28. The van der Waals surface area contributed by atoms with E-state index in [0.29, 0.717) is 0 Å². The lowest BCUT2D eigenvalue weighted by Gasteiger charge is -2.01. The quantitative estimate of drug-likeness (QED) is 0.368. The Hall–Kier alpha value is -1.82. The second kappa shape index (κ2) is 4.14. The molecular weight excluding hydrogens is 224 g/mol. The number of aromatic nitrogens is 1. The van der Waals surface area contributed by atoms with Crippen molar-refractivity contribution in [2.24, 2.45) is 0 Å². The molecule has 0 fully saturated rings. The summed E-state index contributed by atoms with van der Waals surface area (Å²) in [5.74, 6) is -2.51. The van der Waals surface area contributed by atoms with Crippen LogP contribution in [0.1, 0.15) is 10.5 Å². The zero-order chi connectivity index (χ0) is 11.6. The number of amides is 1. The van der Waals surface area contributed by atoms with Gasteiger partial charge in [-0.3, -0.25) is 14.4 Å². The third-order valence-corrected chi connectivity index (χ3v) is 1.91. The number of rotatable bonds is 2. The number of aromatic hydroxyl groups is 1. The summed E-state index contributed by atoms with van der Waals surface area (Å²) in [6.45, 7) is 0. The summed E-state index contributed by atoms with van der Waals surface area (Å²) in [5.41, 5.74) is -1.10. The molecule has 0 unspecified atom stereocenters. The van der Waals surface area contributed by atoms with Gasteiger partial charge in [-0.1, -0.05) is 11.6 Å². The predicted molar refractivity (Wildman–Crippen MR) is 52.1 cm³/mol. The van der Waals surface area contributed by atoms with Crippen LogP contribution in [0.25, 0.3) is 0 Å². The number of pyridine rings is 1. The lowest BCUT2D eigenvalue weighted by Crippen LogP contribution is -2.29. The first-order valence-electron chi connectivity index (χ1n) is 3.85. The average molecular weight is 231 g/mol. The Morgan fingerprint density at radius 3 is 2.60 bits per heavy atom. The molecule has 0 atom stereocenters. The van der Waals surface area contributed by atoms with Crippen molar-refractivity contribution in [3.8, 4) is 5.75 Å². The van der Waals surface area contributed by atoms with Gasteiger partial charge in [-0.05, 0) is 0 Å². The molecule has 1 aromatic rings. The summed E-state index contributed by atoms with van der Waals surface area (Å²) in [6, 6.07) is 0.804. The highest BCUT2D eigenvalue weighted by Crippen LogP contribution is 2.15. The monoisotopic (exact) mass is 230 g/mol. The van der Waals surface area contributed by atoms with Crippen LogP contribution in [0.15, 0.2) is 10.9 Å². The van der Waals surface area contributed by atoms with Crippen LogP contribution in [0.5, 0.6) is 5.75 Å². The Morgan fingerprint density at radius 1 is 1.53 bits per heavy atom. The summed E-state index contributed by atoms with van der Waals surface area (Å²) in [6.07, 6.45) is 0. The third-order valence-electron chi connectivity index (χ3n) is 1.64. The molecule has 0 saturated heterocycles. The van der Waals surface area contributed by atoms with Gasteiger partial charge in [0.05, 0.1) is 5.69 Å². The zero-order valence-electron chi connectivity index (χ0n) is 7.63. The number of carbonyl (C=O) groups is 2. The van der Waals surface area contributed by atoms with Crippen molar-refractivity contribution >= 4 is 23.3 Å². The van der Waals surface area contributed by atoms with Gasteiger partial charge < -0.3 is 15.4 Å². The molecule has 1 heterocycles. The van der Waals surface area contributed by atoms with Crippen LogP contribution in [0, 0.1) is 0 Å². The van der Waals surface area contributed by atoms with Gasteiger partial charge in [-0.2, -0.15) is 0 Å². The fraction of sp³-hybridized carbons (Fsp3) is 0.125. The number of aromatic amines is 1. The molecule has 0 aliphatic carbocycles. The molecule has 0 bridgehead atoms. The largest absolute Gasteiger partial charge is 0.502 e. The van der Waals surface area contributed by atoms with Gasteiger partial charge >= 0.3 is 0 Å². The number of carbonyl (C=O) groups excluding carboxylic acids is 2. The molecule has 0 aliphatic heterocycles. The smallest absolute Gasteiger partial charge is 0.293 e. The molecule has 0 aliphatic rings. The van der Waals surface area contributed by atoms with Crippen LogP contribution in [-0.2, 0) is 4.79 Å². The van der Waals surface area contributed by atoms with Crippen molar-refractivity contribution in [3.63, 3.8) is 0 Å². The normalized spacial score (nSPS) is 9.73. The Balaban J connectivity index is 3.24. The Bertz CT molecular complexity index is 480. The Labute approximate surface area is 88.9 Å². The van der Waals surface area contributed by atoms with Crippen molar-refractivity contribution in [3.05, 3.63) is 27.1 Å². The molecule has 1 rings (SSSR count). The summed E-state index contributed by atoms with van der Waals surface area (Å²) in [4.78, 5) is 35.5. The number of likely N-dealkylation sites (N-methyl/N-ethyl adjacent to an activating group) is 1.